The summed E-state index contributed by atoms with van der Waals surface area (Å²) in [5.41, 5.74) is 4.52. The number of anilines is 2. The molecule has 27 heavy (non-hydrogen) atoms. The molecule has 0 spiro atoms. The van der Waals surface area contributed by atoms with E-state index in [1.54, 1.807) is 18.2 Å². The van der Waals surface area contributed by atoms with Crippen molar-refractivity contribution in [3.8, 4) is 0 Å². The Morgan fingerprint density at radius 1 is 1.07 bits per heavy atom. The summed E-state index contributed by atoms with van der Waals surface area (Å²) in [5, 5.41) is 3.91. The van der Waals surface area contributed by atoms with Gasteiger partial charge in [-0.3, -0.25) is 9.69 Å². The van der Waals surface area contributed by atoms with E-state index in [9.17, 15) is 4.79 Å². The minimum absolute atomic E-state index is 0.0561. The molecule has 1 fully saturated rings. The van der Waals surface area contributed by atoms with Gasteiger partial charge in [0.2, 0.25) is 5.91 Å². The van der Waals surface area contributed by atoms with Crippen LogP contribution < -0.4 is 10.2 Å². The number of rotatable bonds is 4. The van der Waals surface area contributed by atoms with Gasteiger partial charge in [0.1, 0.15) is 0 Å². The molecule has 0 aliphatic carbocycles. The number of carbonyl (C=O) groups excluding carboxylic acids is 1. The molecule has 2 aromatic carbocycles. The standard InChI is InChI=1S/C21H25Cl2N3O/c1-14-5-4-6-20(15(14)2)26-11-9-25(10-12-26)16(3)21(27)24-19-8-7-17(22)13-18(19)23/h4-8,13,16H,9-12H2,1-3H3,(H,24,27)/t16-/m1/s1. The number of nitrogens with one attached hydrogen (secondary N) is 1. The molecule has 3 rings (SSSR count). The smallest absolute Gasteiger partial charge is 0.241 e. The van der Waals surface area contributed by atoms with Crippen LogP contribution in [0.5, 0.6) is 0 Å². The lowest BCUT2D eigenvalue weighted by molar-refractivity contribution is -0.120. The first-order valence-corrected chi connectivity index (χ1v) is 9.93. The zero-order chi connectivity index (χ0) is 19.6. The Morgan fingerprint density at radius 2 is 1.78 bits per heavy atom. The fraction of sp³-hybridized carbons (Fsp3) is 0.381. The Morgan fingerprint density at radius 3 is 2.44 bits per heavy atom. The number of hydrogen-bond donors (Lipinski definition) is 1. The highest BCUT2D eigenvalue weighted by atomic mass is 35.5. The van der Waals surface area contributed by atoms with Gasteiger partial charge in [-0.25, -0.2) is 0 Å². The van der Waals surface area contributed by atoms with Gasteiger partial charge < -0.3 is 10.2 Å². The van der Waals surface area contributed by atoms with Gasteiger partial charge in [0, 0.05) is 36.9 Å². The van der Waals surface area contributed by atoms with Crippen LogP contribution >= 0.6 is 23.2 Å². The van der Waals surface area contributed by atoms with Gasteiger partial charge in [-0.1, -0.05) is 35.3 Å². The van der Waals surface area contributed by atoms with Crippen LogP contribution in [0.2, 0.25) is 10.0 Å². The molecule has 1 N–H and O–H groups in total. The topological polar surface area (TPSA) is 35.6 Å². The summed E-state index contributed by atoms with van der Waals surface area (Å²) < 4.78 is 0. The molecule has 144 valence electrons. The van der Waals surface area contributed by atoms with Crippen LogP contribution in [0.1, 0.15) is 18.1 Å². The van der Waals surface area contributed by atoms with Gasteiger partial charge >= 0.3 is 0 Å². The lowest BCUT2D eigenvalue weighted by atomic mass is 10.1. The molecule has 1 atom stereocenters. The Kier molecular flexibility index (Phi) is 6.30. The highest BCUT2D eigenvalue weighted by Gasteiger charge is 2.26. The summed E-state index contributed by atoms with van der Waals surface area (Å²) in [5.74, 6) is -0.0561. The highest BCUT2D eigenvalue weighted by molar-refractivity contribution is 6.36. The number of nitrogens with zero attached hydrogens (tertiary/aromatic N) is 2. The van der Waals surface area contributed by atoms with E-state index in [-0.39, 0.29) is 11.9 Å². The molecule has 1 heterocycles. The Hall–Kier alpha value is -1.75. The molecular formula is C21H25Cl2N3O. The molecule has 4 nitrogen and oxygen atoms in total. The number of halogens is 2. The van der Waals surface area contributed by atoms with Crippen LogP contribution in [-0.2, 0) is 4.79 Å². The van der Waals surface area contributed by atoms with Crippen molar-refractivity contribution in [3.63, 3.8) is 0 Å². The Labute approximate surface area is 171 Å². The van der Waals surface area contributed by atoms with Crippen LogP contribution in [0.4, 0.5) is 11.4 Å². The average Bonchev–Trinajstić information content (AvgIpc) is 2.66. The number of aryl methyl sites for hydroxylation is 1. The fourth-order valence-electron chi connectivity index (χ4n) is 3.42. The van der Waals surface area contributed by atoms with Crippen molar-refractivity contribution in [1.82, 2.24) is 4.90 Å². The Bertz CT molecular complexity index is 832. The van der Waals surface area contributed by atoms with E-state index in [1.165, 1.54) is 16.8 Å². The molecule has 0 aromatic heterocycles. The van der Waals surface area contributed by atoms with E-state index in [1.807, 2.05) is 6.92 Å². The molecule has 0 bridgehead atoms. The van der Waals surface area contributed by atoms with E-state index >= 15 is 0 Å². The summed E-state index contributed by atoms with van der Waals surface area (Å²) in [7, 11) is 0. The van der Waals surface area contributed by atoms with Crippen molar-refractivity contribution in [2.75, 3.05) is 36.4 Å². The second-order valence-electron chi connectivity index (χ2n) is 7.03. The van der Waals surface area contributed by atoms with E-state index in [0.29, 0.717) is 15.7 Å². The first-order chi connectivity index (χ1) is 12.9. The molecule has 0 radical (unpaired) electrons. The van der Waals surface area contributed by atoms with Gasteiger partial charge in [-0.05, 0) is 56.2 Å². The van der Waals surface area contributed by atoms with Crippen molar-refractivity contribution in [3.05, 3.63) is 57.6 Å². The van der Waals surface area contributed by atoms with Crippen LogP contribution in [0.25, 0.3) is 0 Å². The van der Waals surface area contributed by atoms with Crippen LogP contribution in [-0.4, -0.2) is 43.0 Å². The van der Waals surface area contributed by atoms with E-state index < -0.39 is 0 Å². The predicted molar refractivity (Wildman–Crippen MR) is 114 cm³/mol. The van der Waals surface area contributed by atoms with Gasteiger partial charge in [-0.2, -0.15) is 0 Å². The molecule has 1 aliphatic heterocycles. The third kappa shape index (κ3) is 4.57. The van der Waals surface area contributed by atoms with Crippen molar-refractivity contribution in [2.24, 2.45) is 0 Å². The fourth-order valence-corrected chi connectivity index (χ4v) is 3.88. The molecule has 1 aliphatic rings. The number of hydrogen-bond acceptors (Lipinski definition) is 3. The zero-order valence-electron chi connectivity index (χ0n) is 15.9. The first-order valence-electron chi connectivity index (χ1n) is 9.18. The minimum atomic E-state index is -0.225. The summed E-state index contributed by atoms with van der Waals surface area (Å²) in [6.07, 6.45) is 0. The average molecular weight is 406 g/mol. The largest absolute Gasteiger partial charge is 0.369 e. The van der Waals surface area contributed by atoms with E-state index in [0.717, 1.165) is 26.2 Å². The van der Waals surface area contributed by atoms with E-state index in [2.05, 4.69) is 47.2 Å². The van der Waals surface area contributed by atoms with Crippen molar-refractivity contribution >= 4 is 40.5 Å². The van der Waals surface area contributed by atoms with Crippen LogP contribution in [0.3, 0.4) is 0 Å². The molecule has 6 heteroatoms. The summed E-state index contributed by atoms with van der Waals surface area (Å²) in [6, 6.07) is 11.3. The second-order valence-corrected chi connectivity index (χ2v) is 7.88. The van der Waals surface area contributed by atoms with Crippen LogP contribution in [0.15, 0.2) is 36.4 Å². The van der Waals surface area contributed by atoms with Crippen LogP contribution in [0, 0.1) is 13.8 Å². The van der Waals surface area contributed by atoms with Crippen molar-refractivity contribution in [2.45, 2.75) is 26.8 Å². The molecule has 2 aromatic rings. The lowest BCUT2D eigenvalue weighted by Gasteiger charge is -2.39. The maximum atomic E-state index is 12.6. The maximum absolute atomic E-state index is 12.6. The molecule has 1 saturated heterocycles. The molecule has 1 amide bonds. The van der Waals surface area contributed by atoms with Crippen molar-refractivity contribution < 1.29 is 4.79 Å². The number of piperazine rings is 1. The highest BCUT2D eigenvalue weighted by Crippen LogP contribution is 2.26. The van der Waals surface area contributed by atoms with Gasteiger partial charge in [-0.15, -0.1) is 0 Å². The number of carbonyl (C=O) groups is 1. The SMILES string of the molecule is Cc1cccc(N2CCN([C@H](C)C(=O)Nc3ccc(Cl)cc3Cl)CC2)c1C. The number of benzene rings is 2. The normalized spacial score (nSPS) is 16.3. The van der Waals surface area contributed by atoms with Gasteiger partial charge in [0.25, 0.3) is 0 Å². The summed E-state index contributed by atoms with van der Waals surface area (Å²) >= 11 is 12.1. The number of amides is 1. The molecule has 0 unspecified atom stereocenters. The monoisotopic (exact) mass is 405 g/mol. The lowest BCUT2D eigenvalue weighted by Crippen LogP contribution is -2.53. The summed E-state index contributed by atoms with van der Waals surface area (Å²) in [6.45, 7) is 9.75. The maximum Gasteiger partial charge on any atom is 0.241 e. The third-order valence-corrected chi connectivity index (χ3v) is 5.89. The first kappa shape index (κ1) is 20.0. The van der Waals surface area contributed by atoms with Gasteiger partial charge in [0.05, 0.1) is 16.8 Å². The van der Waals surface area contributed by atoms with E-state index in [4.69, 9.17) is 23.2 Å². The molecular weight excluding hydrogens is 381 g/mol. The Balaban J connectivity index is 1.60. The quantitative estimate of drug-likeness (QED) is 0.795. The second kappa shape index (κ2) is 8.51. The minimum Gasteiger partial charge on any atom is -0.369 e. The predicted octanol–water partition coefficient (Wildman–Crippen LogP) is 4.76. The third-order valence-electron chi connectivity index (χ3n) is 5.35. The van der Waals surface area contributed by atoms with Crippen molar-refractivity contribution in [1.29, 1.82) is 0 Å². The van der Waals surface area contributed by atoms with Gasteiger partial charge in [0.15, 0.2) is 0 Å². The summed E-state index contributed by atoms with van der Waals surface area (Å²) in [4.78, 5) is 17.3. The molecule has 0 saturated carbocycles. The zero-order valence-corrected chi connectivity index (χ0v) is 17.4.